The molecule has 0 bridgehead atoms. The summed E-state index contributed by atoms with van der Waals surface area (Å²) in [5.74, 6) is 0.217. The first-order valence-corrected chi connectivity index (χ1v) is 9.86. The van der Waals surface area contributed by atoms with Gasteiger partial charge in [-0.2, -0.15) is 0 Å². The Morgan fingerprint density at radius 2 is 1.81 bits per heavy atom. The summed E-state index contributed by atoms with van der Waals surface area (Å²) in [6.07, 6.45) is 1.57. The molecule has 0 saturated carbocycles. The van der Waals surface area contributed by atoms with Gasteiger partial charge in [0.15, 0.2) is 5.78 Å². The number of likely N-dealkylation sites (N-methyl/N-ethyl adjacent to an activating group) is 1. The predicted octanol–water partition coefficient (Wildman–Crippen LogP) is 3.86. The second kappa shape index (κ2) is 7.01. The summed E-state index contributed by atoms with van der Waals surface area (Å²) in [6.45, 7) is 7.57. The second-order valence-corrected chi connectivity index (χ2v) is 7.73. The highest BCUT2D eigenvalue weighted by Crippen LogP contribution is 2.42. The van der Waals surface area contributed by atoms with Crippen molar-refractivity contribution in [3.63, 3.8) is 0 Å². The van der Waals surface area contributed by atoms with Crippen molar-refractivity contribution in [2.45, 2.75) is 32.2 Å². The Balaban J connectivity index is 1.61. The number of Topliss-reactive ketones (excluding diaryl/α,β-unsaturated/α-hetero) is 1. The van der Waals surface area contributed by atoms with Gasteiger partial charge in [0.25, 0.3) is 0 Å². The SMILES string of the molecule is CCC1(C(=O)c2ccc(N3CCOCC3)cc2)Cc2ccc(C)cc2N1C. The summed E-state index contributed by atoms with van der Waals surface area (Å²) in [5.41, 5.74) is 5.16. The Morgan fingerprint density at radius 3 is 2.48 bits per heavy atom. The number of anilines is 2. The zero-order chi connectivity index (χ0) is 19.0. The molecule has 2 heterocycles. The number of carbonyl (C=O) groups is 1. The van der Waals surface area contributed by atoms with Crippen LogP contribution in [0.1, 0.15) is 34.8 Å². The standard InChI is InChI=1S/C23H28N2O2/c1-4-23(16-19-6-5-17(2)15-21(19)24(23)3)22(26)18-7-9-20(10-8-18)25-11-13-27-14-12-25/h5-10,15H,4,11-14,16H2,1-3H3. The molecule has 2 aromatic rings. The molecule has 0 radical (unpaired) electrons. The van der Waals surface area contributed by atoms with Crippen LogP contribution >= 0.6 is 0 Å². The Labute approximate surface area is 161 Å². The molecular formula is C23H28N2O2. The third-order valence-electron chi connectivity index (χ3n) is 6.24. The third kappa shape index (κ3) is 3.02. The Bertz CT molecular complexity index is 840. The van der Waals surface area contributed by atoms with Gasteiger partial charge in [0.1, 0.15) is 5.54 Å². The van der Waals surface area contributed by atoms with Gasteiger partial charge in [-0.25, -0.2) is 0 Å². The number of nitrogens with zero attached hydrogens (tertiary/aromatic N) is 2. The van der Waals surface area contributed by atoms with Crippen LogP contribution in [-0.4, -0.2) is 44.7 Å². The summed E-state index contributed by atoms with van der Waals surface area (Å²) in [7, 11) is 2.06. The summed E-state index contributed by atoms with van der Waals surface area (Å²) in [4.78, 5) is 18.1. The molecule has 27 heavy (non-hydrogen) atoms. The number of ether oxygens (including phenoxy) is 1. The van der Waals surface area contributed by atoms with Crippen molar-refractivity contribution in [1.82, 2.24) is 0 Å². The van der Waals surface area contributed by atoms with Crippen LogP contribution in [0.3, 0.4) is 0 Å². The number of ketones is 1. The molecular weight excluding hydrogens is 336 g/mol. The van der Waals surface area contributed by atoms with Gasteiger partial charge in [-0.15, -0.1) is 0 Å². The molecule has 0 aromatic heterocycles. The lowest BCUT2D eigenvalue weighted by molar-refractivity contribution is 0.0886. The van der Waals surface area contributed by atoms with E-state index in [1.807, 2.05) is 12.1 Å². The summed E-state index contributed by atoms with van der Waals surface area (Å²) < 4.78 is 5.43. The second-order valence-electron chi connectivity index (χ2n) is 7.73. The molecule has 2 aliphatic rings. The number of benzene rings is 2. The van der Waals surface area contributed by atoms with E-state index < -0.39 is 5.54 Å². The lowest BCUT2D eigenvalue weighted by Gasteiger charge is -2.36. The van der Waals surface area contributed by atoms with Crippen molar-refractivity contribution in [1.29, 1.82) is 0 Å². The Morgan fingerprint density at radius 1 is 1.11 bits per heavy atom. The maximum absolute atomic E-state index is 13.6. The lowest BCUT2D eigenvalue weighted by Crippen LogP contribution is -2.51. The Hall–Kier alpha value is -2.33. The molecule has 2 aromatic carbocycles. The molecule has 142 valence electrons. The van der Waals surface area contributed by atoms with E-state index in [1.54, 1.807) is 0 Å². The van der Waals surface area contributed by atoms with Gasteiger partial charge in [0, 0.05) is 43.5 Å². The maximum atomic E-state index is 13.6. The van der Waals surface area contributed by atoms with Crippen LogP contribution in [0.15, 0.2) is 42.5 Å². The summed E-state index contributed by atoms with van der Waals surface area (Å²) in [5, 5.41) is 0. The number of hydrogen-bond donors (Lipinski definition) is 0. The van der Waals surface area contributed by atoms with Crippen LogP contribution in [-0.2, 0) is 11.2 Å². The number of fused-ring (bicyclic) bond motifs is 1. The third-order valence-corrected chi connectivity index (χ3v) is 6.24. The molecule has 0 amide bonds. The van der Waals surface area contributed by atoms with Crippen molar-refractivity contribution in [2.24, 2.45) is 0 Å². The minimum absolute atomic E-state index is 0.217. The predicted molar refractivity (Wildman–Crippen MR) is 110 cm³/mol. The smallest absolute Gasteiger partial charge is 0.188 e. The van der Waals surface area contributed by atoms with Crippen molar-refractivity contribution in [3.05, 3.63) is 59.2 Å². The highest BCUT2D eigenvalue weighted by molar-refractivity contribution is 6.07. The number of aryl methyl sites for hydroxylation is 1. The molecule has 4 nitrogen and oxygen atoms in total. The largest absolute Gasteiger partial charge is 0.378 e. The first-order valence-electron chi connectivity index (χ1n) is 9.86. The van der Waals surface area contributed by atoms with E-state index >= 15 is 0 Å². The maximum Gasteiger partial charge on any atom is 0.188 e. The first kappa shape index (κ1) is 18.1. The fourth-order valence-electron chi connectivity index (χ4n) is 4.47. The van der Waals surface area contributed by atoms with Gasteiger partial charge in [-0.05, 0) is 54.8 Å². The molecule has 0 aliphatic carbocycles. The van der Waals surface area contributed by atoms with Crippen LogP contribution in [0.2, 0.25) is 0 Å². The van der Waals surface area contributed by atoms with Gasteiger partial charge in [-0.3, -0.25) is 4.79 Å². The zero-order valence-electron chi connectivity index (χ0n) is 16.5. The van der Waals surface area contributed by atoms with E-state index in [9.17, 15) is 4.79 Å². The molecule has 4 rings (SSSR count). The average Bonchev–Trinajstić information content (AvgIpc) is 3.01. The van der Waals surface area contributed by atoms with Crippen molar-refractivity contribution in [3.8, 4) is 0 Å². The van der Waals surface area contributed by atoms with Gasteiger partial charge >= 0.3 is 0 Å². The van der Waals surface area contributed by atoms with Gasteiger partial charge in [-0.1, -0.05) is 19.1 Å². The van der Waals surface area contributed by atoms with Crippen LogP contribution in [0.4, 0.5) is 11.4 Å². The number of rotatable bonds is 4. The van der Waals surface area contributed by atoms with E-state index in [4.69, 9.17) is 4.74 Å². The number of hydrogen-bond acceptors (Lipinski definition) is 4. The molecule has 1 saturated heterocycles. The van der Waals surface area contributed by atoms with Gasteiger partial charge in [0.05, 0.1) is 13.2 Å². The summed E-state index contributed by atoms with van der Waals surface area (Å²) >= 11 is 0. The fraction of sp³-hybridized carbons (Fsp3) is 0.435. The molecule has 1 unspecified atom stereocenters. The molecule has 1 fully saturated rings. The normalized spacial score (nSPS) is 22.0. The molecule has 0 spiro atoms. The van der Waals surface area contributed by atoms with E-state index in [0.29, 0.717) is 0 Å². The fourth-order valence-corrected chi connectivity index (χ4v) is 4.47. The van der Waals surface area contributed by atoms with Crippen LogP contribution in [0.5, 0.6) is 0 Å². The van der Waals surface area contributed by atoms with Crippen LogP contribution < -0.4 is 9.80 Å². The van der Waals surface area contributed by atoms with Gasteiger partial charge in [0.2, 0.25) is 0 Å². The molecule has 2 aliphatic heterocycles. The minimum Gasteiger partial charge on any atom is -0.378 e. The quantitative estimate of drug-likeness (QED) is 0.772. The van der Waals surface area contributed by atoms with Crippen LogP contribution in [0.25, 0.3) is 0 Å². The number of morpholine rings is 1. The minimum atomic E-state index is -0.489. The van der Waals surface area contributed by atoms with Crippen molar-refractivity contribution < 1.29 is 9.53 Å². The highest BCUT2D eigenvalue weighted by atomic mass is 16.5. The number of carbonyl (C=O) groups excluding carboxylic acids is 1. The Kier molecular flexibility index (Phi) is 4.68. The first-order chi connectivity index (χ1) is 13.0. The topological polar surface area (TPSA) is 32.8 Å². The van der Waals surface area contributed by atoms with Crippen LogP contribution in [0, 0.1) is 6.92 Å². The van der Waals surface area contributed by atoms with Gasteiger partial charge < -0.3 is 14.5 Å². The monoisotopic (exact) mass is 364 g/mol. The zero-order valence-corrected chi connectivity index (χ0v) is 16.5. The lowest BCUT2D eigenvalue weighted by atomic mass is 9.83. The molecule has 0 N–H and O–H groups in total. The van der Waals surface area contributed by atoms with Crippen molar-refractivity contribution >= 4 is 17.2 Å². The van der Waals surface area contributed by atoms with E-state index in [0.717, 1.165) is 44.7 Å². The molecule has 1 atom stereocenters. The van der Waals surface area contributed by atoms with E-state index in [-0.39, 0.29) is 5.78 Å². The molecule has 4 heteroatoms. The highest BCUT2D eigenvalue weighted by Gasteiger charge is 2.46. The van der Waals surface area contributed by atoms with Crippen molar-refractivity contribution in [2.75, 3.05) is 43.2 Å². The average molecular weight is 364 g/mol. The van der Waals surface area contributed by atoms with E-state index in [1.165, 1.54) is 22.5 Å². The summed E-state index contributed by atoms with van der Waals surface area (Å²) in [6, 6.07) is 14.6. The van der Waals surface area contributed by atoms with E-state index in [2.05, 4.69) is 61.0 Å².